The van der Waals surface area contributed by atoms with Crippen LogP contribution in [0.5, 0.6) is 0 Å². The molecule has 0 aliphatic carbocycles. The molecule has 58 heavy (non-hydrogen) atoms. The zero-order valence-electron chi connectivity index (χ0n) is 32.6. The molecule has 0 unspecified atom stereocenters. The summed E-state index contributed by atoms with van der Waals surface area (Å²) >= 11 is 2.57. The van der Waals surface area contributed by atoms with Crippen LogP contribution in [0.2, 0.25) is 0 Å². The fraction of sp³-hybridized carbons (Fsp3) is 0.526. The molecule has 6 rings (SSSR count). The lowest BCUT2D eigenvalue weighted by Crippen LogP contribution is -2.55. The van der Waals surface area contributed by atoms with Crippen molar-refractivity contribution in [3.63, 3.8) is 0 Å². The highest BCUT2D eigenvalue weighted by atomic mass is 33.1. The second-order valence-electron chi connectivity index (χ2n) is 13.8. The molecule has 0 bridgehead atoms. The van der Waals surface area contributed by atoms with E-state index in [-0.39, 0.29) is 82.6 Å². The number of imide groups is 2. The molecule has 312 valence electrons. The summed E-state index contributed by atoms with van der Waals surface area (Å²) in [6, 6.07) is 0.722. The monoisotopic (exact) mass is 906 g/mol. The number of thioether (sulfide) groups is 2. The molecule has 0 radical (unpaired) electrons. The van der Waals surface area contributed by atoms with E-state index in [2.05, 4.69) is 21.3 Å². The van der Waals surface area contributed by atoms with Gasteiger partial charge in [-0.2, -0.15) is 0 Å². The summed E-state index contributed by atoms with van der Waals surface area (Å²) in [5, 5.41) is 11.4. The molecular weight excluding hydrogens is 861 g/mol. The molecule has 2 aromatic carbocycles. The predicted octanol–water partition coefficient (Wildman–Crippen LogP) is 4.30. The topological polar surface area (TPSA) is 191 Å². The van der Waals surface area contributed by atoms with Gasteiger partial charge in [-0.05, 0) is 49.3 Å². The van der Waals surface area contributed by atoms with Crippen molar-refractivity contribution >= 4 is 125 Å². The van der Waals surface area contributed by atoms with E-state index in [1.807, 2.05) is 13.8 Å². The number of nitrogens with one attached hydrogen (secondary N) is 4. The number of carbonyl (C=O) groups excluding carboxylic acids is 8. The van der Waals surface area contributed by atoms with E-state index in [1.54, 1.807) is 55.3 Å². The maximum Gasteiger partial charge on any atom is 0.263 e. The van der Waals surface area contributed by atoms with Gasteiger partial charge >= 0.3 is 0 Å². The first-order valence-electron chi connectivity index (χ1n) is 19.1. The molecular formula is C38H46N6O8S6. The van der Waals surface area contributed by atoms with Crippen LogP contribution in [0, 0.1) is 11.8 Å². The van der Waals surface area contributed by atoms with Crippen molar-refractivity contribution in [2.75, 3.05) is 61.7 Å². The molecule has 4 aliphatic rings. The number of benzene rings is 2. The van der Waals surface area contributed by atoms with E-state index in [0.717, 1.165) is 32.8 Å². The third kappa shape index (κ3) is 8.87. The predicted molar refractivity (Wildman–Crippen MR) is 235 cm³/mol. The minimum absolute atomic E-state index is 0.0686. The van der Waals surface area contributed by atoms with Crippen LogP contribution in [0.1, 0.15) is 81.0 Å². The van der Waals surface area contributed by atoms with Gasteiger partial charge in [-0.1, -0.05) is 57.0 Å². The van der Waals surface area contributed by atoms with Gasteiger partial charge in [0, 0.05) is 81.9 Å². The molecule has 14 nitrogen and oxygen atoms in total. The van der Waals surface area contributed by atoms with Crippen molar-refractivity contribution in [3.8, 4) is 0 Å². The standard InChI is InChI=1S/C38H46N6O8S6/c1-5-53-25-13-21-28-27-22(36(50)43(37(51)29(25)27)23(33(47)39-3)9-7-11-41-31(45)19-15-55-56-16-19)14-26(54-6-2)30(28)38(52)44(35(21)49)24(34(48)40-4)10-8-12-42-32(46)20-17-57-58-18-20/h13-14,19-20,23-24H,5-12,15-18H2,1-4H3,(H,39,47)(H,40,48)(H,41,45)(H,42,46)/t23-,24-/m0/s1. The Kier molecular flexibility index (Phi) is 15.4. The fourth-order valence-electron chi connectivity index (χ4n) is 7.45. The second kappa shape index (κ2) is 20.0. The summed E-state index contributed by atoms with van der Waals surface area (Å²) in [4.78, 5) is 114. The molecule has 2 atom stereocenters. The molecule has 20 heteroatoms. The first kappa shape index (κ1) is 44.5. The molecule has 0 spiro atoms. The lowest BCUT2D eigenvalue weighted by molar-refractivity contribution is -0.125. The number of rotatable bonds is 18. The number of carbonyl (C=O) groups is 8. The number of nitrogens with zero attached hydrogens (tertiary/aromatic N) is 2. The van der Waals surface area contributed by atoms with Crippen LogP contribution in [0.3, 0.4) is 0 Å². The SMILES string of the molecule is CCSc1cc2c3c(c(SCC)cc4c3c1C(=O)N([C@@H](CCCNC(=O)C1CSSC1)C(=O)NC)C4=O)C(=O)N([C@@H](CCCNC(=O)C1CSSC1)C(=O)NC)C2=O. The fourth-order valence-corrected chi connectivity index (χ4v) is 14.7. The number of hydrogen-bond donors (Lipinski definition) is 4. The molecule has 0 saturated carbocycles. The van der Waals surface area contributed by atoms with Gasteiger partial charge in [0.2, 0.25) is 23.6 Å². The van der Waals surface area contributed by atoms with Crippen LogP contribution in [-0.2, 0) is 19.2 Å². The van der Waals surface area contributed by atoms with Gasteiger partial charge in [0.15, 0.2) is 0 Å². The van der Waals surface area contributed by atoms with E-state index < -0.39 is 47.5 Å². The van der Waals surface area contributed by atoms with Crippen LogP contribution in [0.4, 0.5) is 0 Å². The van der Waals surface area contributed by atoms with Gasteiger partial charge in [0.25, 0.3) is 23.6 Å². The summed E-state index contributed by atoms with van der Waals surface area (Å²) in [5.74, 6) is -0.448. The highest BCUT2D eigenvalue weighted by Crippen LogP contribution is 2.46. The van der Waals surface area contributed by atoms with E-state index in [1.165, 1.54) is 37.6 Å². The Hall–Kier alpha value is -3.04. The van der Waals surface area contributed by atoms with Crippen LogP contribution < -0.4 is 21.3 Å². The van der Waals surface area contributed by atoms with Crippen molar-refractivity contribution in [3.05, 3.63) is 34.4 Å². The quantitative estimate of drug-likeness (QED) is 0.0717. The zero-order valence-corrected chi connectivity index (χ0v) is 37.5. The molecule has 0 aromatic heterocycles. The van der Waals surface area contributed by atoms with E-state index in [9.17, 15) is 38.4 Å². The van der Waals surface area contributed by atoms with Crippen molar-refractivity contribution in [2.45, 2.75) is 61.4 Å². The van der Waals surface area contributed by atoms with Crippen molar-refractivity contribution in [1.29, 1.82) is 0 Å². The van der Waals surface area contributed by atoms with Crippen LogP contribution >= 0.6 is 66.7 Å². The first-order valence-corrected chi connectivity index (χ1v) is 26.1. The third-order valence-corrected chi connectivity index (χ3v) is 17.3. The Morgan fingerprint density at radius 3 is 1.33 bits per heavy atom. The van der Waals surface area contributed by atoms with Crippen molar-refractivity contribution in [2.24, 2.45) is 11.8 Å². The summed E-state index contributed by atoms with van der Waals surface area (Å²) < 4.78 is 0. The first-order chi connectivity index (χ1) is 28.0. The Balaban J connectivity index is 1.36. The minimum Gasteiger partial charge on any atom is -0.357 e. The maximum atomic E-state index is 14.7. The van der Waals surface area contributed by atoms with Crippen molar-refractivity contribution < 1.29 is 38.4 Å². The normalized spacial score (nSPS) is 17.9. The van der Waals surface area contributed by atoms with Gasteiger partial charge in [-0.3, -0.25) is 48.2 Å². The summed E-state index contributed by atoms with van der Waals surface area (Å²) in [6.45, 7) is 4.27. The molecule has 4 N–H and O–H groups in total. The highest BCUT2D eigenvalue weighted by molar-refractivity contribution is 8.77. The lowest BCUT2D eigenvalue weighted by atomic mass is 9.84. The van der Waals surface area contributed by atoms with Crippen LogP contribution in [-0.4, -0.2) is 131 Å². The smallest absolute Gasteiger partial charge is 0.263 e. The highest BCUT2D eigenvalue weighted by Gasteiger charge is 2.47. The Morgan fingerprint density at radius 1 is 0.638 bits per heavy atom. The van der Waals surface area contributed by atoms with Gasteiger partial charge in [-0.25, -0.2) is 0 Å². The summed E-state index contributed by atoms with van der Waals surface area (Å²) in [7, 11) is 9.46. The molecule has 4 aliphatic heterocycles. The molecule has 2 fully saturated rings. The van der Waals surface area contributed by atoms with Gasteiger partial charge in [-0.15, -0.1) is 23.5 Å². The molecule has 2 aromatic rings. The van der Waals surface area contributed by atoms with Gasteiger partial charge in [0.1, 0.15) is 12.1 Å². The Bertz CT molecular complexity index is 1880. The average molecular weight is 907 g/mol. The lowest BCUT2D eigenvalue weighted by Gasteiger charge is -2.38. The molecule has 4 heterocycles. The summed E-state index contributed by atoms with van der Waals surface area (Å²) in [5.41, 5.74) is 0.433. The Morgan fingerprint density at radius 2 is 1.00 bits per heavy atom. The van der Waals surface area contributed by atoms with Crippen LogP contribution in [0.25, 0.3) is 10.8 Å². The average Bonchev–Trinajstić information content (AvgIpc) is 3.97. The van der Waals surface area contributed by atoms with Gasteiger partial charge in [0.05, 0.1) is 23.0 Å². The third-order valence-electron chi connectivity index (χ3n) is 10.3. The maximum absolute atomic E-state index is 14.7. The zero-order chi connectivity index (χ0) is 41.7. The van der Waals surface area contributed by atoms with E-state index in [4.69, 9.17) is 0 Å². The van der Waals surface area contributed by atoms with E-state index in [0.29, 0.717) is 34.1 Å². The van der Waals surface area contributed by atoms with Gasteiger partial charge < -0.3 is 21.3 Å². The number of amides is 8. The van der Waals surface area contributed by atoms with E-state index >= 15 is 0 Å². The minimum atomic E-state index is -1.20. The molecule has 2 saturated heterocycles. The number of hydrogen-bond acceptors (Lipinski definition) is 14. The largest absolute Gasteiger partial charge is 0.357 e. The Labute approximate surface area is 361 Å². The number of likely N-dealkylation sites (N-methyl/N-ethyl adjacent to an activating group) is 2. The molecule has 8 amide bonds. The van der Waals surface area contributed by atoms with Crippen LogP contribution in [0.15, 0.2) is 21.9 Å². The summed E-state index contributed by atoms with van der Waals surface area (Å²) in [6.07, 6.45) is 0.806. The van der Waals surface area contributed by atoms with Crippen molar-refractivity contribution in [1.82, 2.24) is 31.1 Å². The second-order valence-corrected chi connectivity index (χ2v) is 21.5.